The summed E-state index contributed by atoms with van der Waals surface area (Å²) in [5.41, 5.74) is 1.71. The number of nitrogens with one attached hydrogen (secondary N) is 2. The number of nitrogens with zero attached hydrogens (tertiary/aromatic N) is 6. The molecule has 0 unspecified atom stereocenters. The van der Waals surface area contributed by atoms with E-state index in [0.717, 1.165) is 25.7 Å². The fourth-order valence-corrected chi connectivity index (χ4v) is 5.25. The van der Waals surface area contributed by atoms with E-state index < -0.39 is 36.1 Å². The number of aliphatic hydroxyl groups is 2. The van der Waals surface area contributed by atoms with E-state index in [0.29, 0.717) is 47.2 Å². The Morgan fingerprint density at radius 1 is 1.10 bits per heavy atom. The van der Waals surface area contributed by atoms with E-state index in [9.17, 15) is 19.7 Å². The molecular formula is C27H33FN8O5. The van der Waals surface area contributed by atoms with E-state index in [4.69, 9.17) is 9.26 Å². The molecule has 0 amide bonds. The predicted molar refractivity (Wildman–Crippen MR) is 146 cm³/mol. The first-order valence-corrected chi connectivity index (χ1v) is 13.8. The first-order chi connectivity index (χ1) is 19.9. The number of piperidine rings is 1. The van der Waals surface area contributed by atoms with Crippen molar-refractivity contribution in [1.29, 1.82) is 0 Å². The van der Waals surface area contributed by atoms with E-state index in [1.807, 2.05) is 6.92 Å². The number of phenolic OH excluding ortho intramolecular Hbond substituents is 1. The smallest absolute Gasteiger partial charge is 0.226 e. The fourth-order valence-electron chi connectivity index (χ4n) is 5.25. The van der Waals surface area contributed by atoms with Crippen molar-refractivity contribution in [1.82, 2.24) is 29.6 Å². The molecule has 2 aliphatic rings. The van der Waals surface area contributed by atoms with Crippen LogP contribution in [-0.2, 0) is 11.2 Å². The Hall–Kier alpha value is -3.85. The van der Waals surface area contributed by atoms with E-state index >= 15 is 0 Å². The highest BCUT2D eigenvalue weighted by Crippen LogP contribution is 2.40. The lowest BCUT2D eigenvalue weighted by Crippen LogP contribution is -2.34. The minimum atomic E-state index is -1.32. The van der Waals surface area contributed by atoms with Crippen molar-refractivity contribution in [3.05, 3.63) is 47.9 Å². The zero-order chi connectivity index (χ0) is 28.5. The Morgan fingerprint density at radius 2 is 1.93 bits per heavy atom. The predicted octanol–water partition coefficient (Wildman–Crippen LogP) is 2.85. The molecule has 41 heavy (non-hydrogen) atoms. The third kappa shape index (κ3) is 5.55. The largest absolute Gasteiger partial charge is 0.505 e. The number of aryl methyl sites for hydroxylation is 1. The van der Waals surface area contributed by atoms with Crippen molar-refractivity contribution in [2.75, 3.05) is 36.8 Å². The number of ether oxygens (including phenoxy) is 1. The minimum Gasteiger partial charge on any atom is -0.505 e. The van der Waals surface area contributed by atoms with Gasteiger partial charge in [-0.15, -0.1) is 0 Å². The molecule has 0 radical (unpaired) electrons. The van der Waals surface area contributed by atoms with E-state index in [1.54, 1.807) is 6.07 Å². The molecule has 3 aromatic heterocycles. The van der Waals surface area contributed by atoms with Crippen LogP contribution in [0, 0.1) is 5.82 Å². The second-order valence-electron chi connectivity index (χ2n) is 10.3. The number of benzene rings is 1. The van der Waals surface area contributed by atoms with Gasteiger partial charge in [0.1, 0.15) is 18.3 Å². The number of rotatable bonds is 9. The molecule has 0 spiro atoms. The number of aromatic hydroxyl groups is 1. The fraction of sp³-hybridized carbons (Fsp3) is 0.481. The SMILES string of the molecule is CCc1cc([C@H]2O[C@@H](n3cnc4c(Nc5ccc(O)c(F)c5)nc(NCCN5CCCCC5)nc43)[C@H](O)[C@@H]2O)on1. The second-order valence-corrected chi connectivity index (χ2v) is 10.3. The molecule has 6 rings (SSSR count). The number of imidazole rings is 1. The lowest BCUT2D eigenvalue weighted by atomic mass is 10.1. The molecule has 1 aromatic carbocycles. The van der Waals surface area contributed by atoms with Gasteiger partial charge in [0.2, 0.25) is 5.95 Å². The summed E-state index contributed by atoms with van der Waals surface area (Å²) in [6.07, 6.45) is 1.13. The lowest BCUT2D eigenvalue weighted by Gasteiger charge is -2.26. The number of phenols is 1. The van der Waals surface area contributed by atoms with Crippen LogP contribution in [0.3, 0.4) is 0 Å². The molecule has 0 saturated carbocycles. The van der Waals surface area contributed by atoms with E-state index in [2.05, 4.69) is 35.6 Å². The van der Waals surface area contributed by atoms with Gasteiger partial charge in [-0.25, -0.2) is 9.37 Å². The van der Waals surface area contributed by atoms with Gasteiger partial charge in [0.15, 0.2) is 40.5 Å². The lowest BCUT2D eigenvalue weighted by molar-refractivity contribution is -0.0434. The number of hydrogen-bond donors (Lipinski definition) is 5. The van der Waals surface area contributed by atoms with Gasteiger partial charge >= 0.3 is 0 Å². The second kappa shape index (κ2) is 11.6. The monoisotopic (exact) mass is 568 g/mol. The van der Waals surface area contributed by atoms with Crippen LogP contribution in [0.4, 0.5) is 21.8 Å². The first-order valence-electron chi connectivity index (χ1n) is 13.8. The molecule has 5 heterocycles. The molecule has 0 aliphatic carbocycles. The number of hydrogen-bond acceptors (Lipinski definition) is 12. The van der Waals surface area contributed by atoms with Crippen LogP contribution in [0.5, 0.6) is 5.75 Å². The molecule has 2 fully saturated rings. The summed E-state index contributed by atoms with van der Waals surface area (Å²) in [5, 5.41) is 41.7. The van der Waals surface area contributed by atoms with Crippen molar-refractivity contribution >= 4 is 28.6 Å². The average Bonchev–Trinajstić information content (AvgIpc) is 3.69. The highest BCUT2D eigenvalue weighted by molar-refractivity contribution is 5.86. The van der Waals surface area contributed by atoms with Gasteiger partial charge in [-0.1, -0.05) is 18.5 Å². The number of likely N-dealkylation sites (tertiary alicyclic amines) is 1. The highest BCUT2D eigenvalue weighted by Gasteiger charge is 2.47. The van der Waals surface area contributed by atoms with Gasteiger partial charge in [-0.2, -0.15) is 9.97 Å². The van der Waals surface area contributed by atoms with Crippen LogP contribution in [0.2, 0.25) is 0 Å². The van der Waals surface area contributed by atoms with Gasteiger partial charge in [0.25, 0.3) is 0 Å². The summed E-state index contributed by atoms with van der Waals surface area (Å²) < 4.78 is 27.0. The van der Waals surface area contributed by atoms with Crippen molar-refractivity contribution in [3.63, 3.8) is 0 Å². The van der Waals surface area contributed by atoms with Crippen LogP contribution < -0.4 is 10.6 Å². The van der Waals surface area contributed by atoms with Gasteiger partial charge in [0.05, 0.1) is 12.0 Å². The summed E-state index contributed by atoms with van der Waals surface area (Å²) in [6.45, 7) is 5.46. The summed E-state index contributed by atoms with van der Waals surface area (Å²) in [5.74, 6) is -0.359. The third-order valence-electron chi connectivity index (χ3n) is 7.52. The van der Waals surface area contributed by atoms with Gasteiger partial charge < -0.3 is 40.1 Å². The molecule has 5 N–H and O–H groups in total. The van der Waals surface area contributed by atoms with Crippen molar-refractivity contribution in [2.24, 2.45) is 0 Å². The maximum atomic E-state index is 14.1. The standard InChI is InChI=1S/C27H33FN8O5/c1-2-15-13-19(41-34-15)23-21(38)22(39)26(40-23)36-14-30-20-24(31-16-6-7-18(37)17(28)12-16)32-27(33-25(20)36)29-8-11-35-9-4-3-5-10-35/h6-7,12-14,21-23,26,37-39H,2-5,8-11H2,1H3,(H2,29,31,32,33)/t21-,22+,23+,26+/m0/s1. The Morgan fingerprint density at radius 3 is 2.68 bits per heavy atom. The Bertz CT molecular complexity index is 1510. The molecular weight excluding hydrogens is 535 g/mol. The zero-order valence-electron chi connectivity index (χ0n) is 22.6. The summed E-state index contributed by atoms with van der Waals surface area (Å²) in [4.78, 5) is 16.1. The Balaban J connectivity index is 1.31. The van der Waals surface area contributed by atoms with Crippen LogP contribution >= 0.6 is 0 Å². The number of halogens is 1. The number of aliphatic hydroxyl groups excluding tert-OH is 2. The molecule has 13 nitrogen and oxygen atoms in total. The molecule has 218 valence electrons. The molecule has 4 atom stereocenters. The summed E-state index contributed by atoms with van der Waals surface area (Å²) >= 11 is 0. The Kier molecular flexibility index (Phi) is 7.71. The zero-order valence-corrected chi connectivity index (χ0v) is 22.6. The average molecular weight is 569 g/mol. The normalized spacial score (nSPS) is 23.3. The molecule has 0 bridgehead atoms. The maximum Gasteiger partial charge on any atom is 0.226 e. The van der Waals surface area contributed by atoms with E-state index in [-0.39, 0.29) is 5.82 Å². The van der Waals surface area contributed by atoms with Gasteiger partial charge in [-0.3, -0.25) is 4.57 Å². The van der Waals surface area contributed by atoms with Crippen molar-refractivity contribution in [2.45, 2.75) is 57.1 Å². The van der Waals surface area contributed by atoms with E-state index in [1.165, 1.54) is 42.3 Å². The number of anilines is 3. The quantitative estimate of drug-likeness (QED) is 0.188. The van der Waals surface area contributed by atoms with Crippen LogP contribution in [0.1, 0.15) is 50.0 Å². The van der Waals surface area contributed by atoms with Gasteiger partial charge in [-0.05, 0) is 44.5 Å². The first kappa shape index (κ1) is 27.3. The topological polar surface area (TPSA) is 167 Å². The third-order valence-corrected chi connectivity index (χ3v) is 7.52. The van der Waals surface area contributed by atoms with Crippen molar-refractivity contribution < 1.29 is 29.0 Å². The maximum absolute atomic E-state index is 14.1. The summed E-state index contributed by atoms with van der Waals surface area (Å²) in [6, 6.07) is 5.60. The molecule has 14 heteroatoms. The Labute approximate surface area is 235 Å². The van der Waals surface area contributed by atoms with Gasteiger partial charge in [0, 0.05) is 30.9 Å². The van der Waals surface area contributed by atoms with Crippen LogP contribution in [0.15, 0.2) is 35.1 Å². The highest BCUT2D eigenvalue weighted by atomic mass is 19.1. The number of aromatic nitrogens is 5. The van der Waals surface area contributed by atoms with Crippen LogP contribution in [-0.4, -0.2) is 83.3 Å². The molecule has 4 aromatic rings. The minimum absolute atomic E-state index is 0.284. The summed E-state index contributed by atoms with van der Waals surface area (Å²) in [7, 11) is 0. The number of fused-ring (bicyclic) bond motifs is 1. The molecule has 2 aliphatic heterocycles. The van der Waals surface area contributed by atoms with Crippen LogP contribution in [0.25, 0.3) is 11.2 Å². The van der Waals surface area contributed by atoms with Crippen molar-refractivity contribution in [3.8, 4) is 5.75 Å². The molecule has 2 saturated heterocycles.